The molecule has 0 aromatic heterocycles. The van der Waals surface area contributed by atoms with E-state index in [2.05, 4.69) is 49.5 Å². The van der Waals surface area contributed by atoms with E-state index < -0.39 is 0 Å². The number of hydrogen-bond donors (Lipinski definition) is 0. The summed E-state index contributed by atoms with van der Waals surface area (Å²) in [4.78, 5) is 0. The summed E-state index contributed by atoms with van der Waals surface area (Å²) in [5, 5.41) is 0. The van der Waals surface area contributed by atoms with E-state index in [0.29, 0.717) is 0 Å². The van der Waals surface area contributed by atoms with Gasteiger partial charge < -0.3 is 0 Å². The lowest BCUT2D eigenvalue weighted by atomic mass is 10.1. The Morgan fingerprint density at radius 1 is 1.17 bits per heavy atom. The molecular weight excluding hydrogens is 144 g/mol. The van der Waals surface area contributed by atoms with Crippen LogP contribution in [0.2, 0.25) is 0 Å². The van der Waals surface area contributed by atoms with Crippen molar-refractivity contribution in [2.75, 3.05) is 0 Å². The fraction of sp³-hybridized carbons (Fsp3) is 0.0833. The predicted octanol–water partition coefficient (Wildman–Crippen LogP) is 3.13. The molecule has 0 unspecified atom stereocenters. The molecule has 0 aliphatic heterocycles. The van der Waals surface area contributed by atoms with Crippen LogP contribution in [0.4, 0.5) is 0 Å². The van der Waals surface area contributed by atoms with Gasteiger partial charge in [0, 0.05) is 29.7 Å². The van der Waals surface area contributed by atoms with Gasteiger partial charge in [-0.1, -0.05) is 6.58 Å². The van der Waals surface area contributed by atoms with Crippen molar-refractivity contribution in [3.8, 4) is 0 Å². The topological polar surface area (TPSA) is 0 Å². The Morgan fingerprint density at radius 2 is 2.08 bits per heavy atom. The van der Waals surface area contributed by atoms with Crippen molar-refractivity contribution in [2.45, 2.75) is 6.42 Å². The summed E-state index contributed by atoms with van der Waals surface area (Å²) in [5.41, 5.74) is 3.77. The van der Waals surface area contributed by atoms with Crippen LogP contribution in [0.5, 0.6) is 0 Å². The third-order valence-electron chi connectivity index (χ3n) is 2.02. The summed E-state index contributed by atoms with van der Waals surface area (Å²) in [5.74, 6) is 0. The zero-order valence-electron chi connectivity index (χ0n) is 6.96. The van der Waals surface area contributed by atoms with Crippen molar-refractivity contribution in [2.24, 2.45) is 0 Å². The van der Waals surface area contributed by atoms with Gasteiger partial charge >= 0.3 is 0 Å². The Labute approximate surface area is 73.3 Å². The first kappa shape index (κ1) is 7.23. The van der Waals surface area contributed by atoms with Gasteiger partial charge in [-0.2, -0.15) is 0 Å². The molecule has 2 rings (SSSR count). The first-order valence-corrected chi connectivity index (χ1v) is 4.13. The van der Waals surface area contributed by atoms with Crippen molar-refractivity contribution in [3.05, 3.63) is 66.2 Å². The van der Waals surface area contributed by atoms with E-state index in [9.17, 15) is 0 Å². The zero-order valence-corrected chi connectivity index (χ0v) is 6.96. The molecule has 0 saturated heterocycles. The van der Waals surface area contributed by atoms with Crippen LogP contribution in [0.3, 0.4) is 0 Å². The standard InChI is InChI=1S/C12H11/c1-10-6-7-11-4-2-3-5-12(8-10)9-11/h2-8H,1,9H2/q+1. The van der Waals surface area contributed by atoms with Crippen LogP contribution in [0, 0.1) is 6.42 Å². The Bertz CT molecular complexity index is 322. The number of fused-ring (bicyclic) bond motifs is 2. The van der Waals surface area contributed by atoms with Crippen molar-refractivity contribution in [1.82, 2.24) is 0 Å². The van der Waals surface area contributed by atoms with E-state index in [0.717, 1.165) is 12.0 Å². The molecule has 0 nitrogen and oxygen atoms in total. The molecule has 0 heteroatoms. The summed E-state index contributed by atoms with van der Waals surface area (Å²) in [6.45, 7) is 3.93. The molecule has 0 aromatic rings. The normalized spacial score (nSPS) is 20.5. The Balaban J connectivity index is 2.44. The van der Waals surface area contributed by atoms with E-state index in [1.54, 1.807) is 0 Å². The average molecular weight is 155 g/mol. The number of rotatable bonds is 0. The van der Waals surface area contributed by atoms with E-state index >= 15 is 0 Å². The third-order valence-corrected chi connectivity index (χ3v) is 2.02. The minimum atomic E-state index is 1.03. The van der Waals surface area contributed by atoms with E-state index in [-0.39, 0.29) is 0 Å². The Morgan fingerprint density at radius 3 is 3.00 bits per heavy atom. The van der Waals surface area contributed by atoms with Crippen LogP contribution >= 0.6 is 0 Å². The Kier molecular flexibility index (Phi) is 1.75. The molecule has 2 bridgehead atoms. The quantitative estimate of drug-likeness (QED) is 0.471. The molecule has 0 fully saturated rings. The highest BCUT2D eigenvalue weighted by Gasteiger charge is 2.10. The lowest BCUT2D eigenvalue weighted by Crippen LogP contribution is -1.78. The maximum Gasteiger partial charge on any atom is 0.0546 e. The fourth-order valence-electron chi connectivity index (χ4n) is 1.43. The molecule has 0 radical (unpaired) electrons. The molecule has 0 saturated carbocycles. The van der Waals surface area contributed by atoms with Gasteiger partial charge in [-0.15, -0.1) is 0 Å². The van der Waals surface area contributed by atoms with Crippen LogP contribution in [-0.2, 0) is 0 Å². The van der Waals surface area contributed by atoms with Gasteiger partial charge in [0.2, 0.25) is 0 Å². The SMILES string of the molecule is C=C1C=CC2=C[CH+]C=CC(=C1)C2. The zero-order chi connectivity index (χ0) is 8.39. The minimum Gasteiger partial charge on any atom is -0.0917 e. The van der Waals surface area contributed by atoms with Gasteiger partial charge in [0.05, 0.1) is 12.5 Å². The van der Waals surface area contributed by atoms with Gasteiger partial charge in [0.1, 0.15) is 0 Å². The van der Waals surface area contributed by atoms with Gasteiger partial charge in [0.15, 0.2) is 0 Å². The molecule has 0 aromatic carbocycles. The molecule has 0 heterocycles. The average Bonchev–Trinajstić information content (AvgIpc) is 2.35. The van der Waals surface area contributed by atoms with Crippen LogP contribution in [0.1, 0.15) is 6.42 Å². The van der Waals surface area contributed by atoms with Crippen molar-refractivity contribution in [3.63, 3.8) is 0 Å². The molecule has 12 heavy (non-hydrogen) atoms. The molecule has 2 aliphatic carbocycles. The second-order valence-corrected chi connectivity index (χ2v) is 3.10. The van der Waals surface area contributed by atoms with Gasteiger partial charge in [0.25, 0.3) is 0 Å². The first-order chi connectivity index (χ1) is 5.84. The molecule has 2 aliphatic rings. The van der Waals surface area contributed by atoms with Crippen molar-refractivity contribution in [1.29, 1.82) is 0 Å². The second-order valence-electron chi connectivity index (χ2n) is 3.10. The highest BCUT2D eigenvalue weighted by Crippen LogP contribution is 2.23. The minimum absolute atomic E-state index is 1.03. The summed E-state index contributed by atoms with van der Waals surface area (Å²) in [6.07, 6.45) is 15.8. The monoisotopic (exact) mass is 155 g/mol. The van der Waals surface area contributed by atoms with Crippen LogP contribution < -0.4 is 0 Å². The number of hydrogen-bond acceptors (Lipinski definition) is 0. The summed E-state index contributed by atoms with van der Waals surface area (Å²) in [7, 11) is 0. The molecule has 0 spiro atoms. The third kappa shape index (κ3) is 1.42. The van der Waals surface area contributed by atoms with E-state index in [1.807, 2.05) is 0 Å². The van der Waals surface area contributed by atoms with Gasteiger partial charge in [-0.25, -0.2) is 0 Å². The molecule has 0 N–H and O–H groups in total. The fourth-order valence-corrected chi connectivity index (χ4v) is 1.43. The molecule has 0 amide bonds. The highest BCUT2D eigenvalue weighted by molar-refractivity contribution is 5.47. The van der Waals surface area contributed by atoms with Crippen LogP contribution in [-0.4, -0.2) is 0 Å². The van der Waals surface area contributed by atoms with E-state index in [1.165, 1.54) is 11.1 Å². The van der Waals surface area contributed by atoms with Crippen LogP contribution in [0.15, 0.2) is 59.8 Å². The maximum absolute atomic E-state index is 3.93. The maximum atomic E-state index is 3.93. The van der Waals surface area contributed by atoms with Gasteiger partial charge in [-0.05, 0) is 23.8 Å². The summed E-state index contributed by atoms with van der Waals surface area (Å²) >= 11 is 0. The summed E-state index contributed by atoms with van der Waals surface area (Å²) in [6, 6.07) is 0. The smallest absolute Gasteiger partial charge is 0.0546 e. The molecule has 58 valence electrons. The van der Waals surface area contributed by atoms with Gasteiger partial charge in [-0.3, -0.25) is 0 Å². The second kappa shape index (κ2) is 2.90. The lowest BCUT2D eigenvalue weighted by molar-refractivity contribution is 1.23. The molecular formula is C12H11+. The largest absolute Gasteiger partial charge is 0.0917 e. The highest BCUT2D eigenvalue weighted by atomic mass is 14.1. The lowest BCUT2D eigenvalue weighted by Gasteiger charge is -1.90. The number of allylic oxidation sites excluding steroid dienone is 9. The van der Waals surface area contributed by atoms with Crippen molar-refractivity contribution >= 4 is 0 Å². The Hall–Kier alpha value is -1.43. The van der Waals surface area contributed by atoms with Crippen LogP contribution in [0.25, 0.3) is 0 Å². The van der Waals surface area contributed by atoms with E-state index in [4.69, 9.17) is 0 Å². The first-order valence-electron chi connectivity index (χ1n) is 4.13. The van der Waals surface area contributed by atoms with Crippen molar-refractivity contribution < 1.29 is 0 Å². The molecule has 0 atom stereocenters. The summed E-state index contributed by atoms with van der Waals surface area (Å²) < 4.78 is 0. The predicted molar refractivity (Wildman–Crippen MR) is 52.5 cm³/mol.